The molecule has 1 amide bonds. The van der Waals surface area contributed by atoms with Gasteiger partial charge in [-0.2, -0.15) is 0 Å². The molecule has 0 aliphatic carbocycles. The number of rotatable bonds is 5. The summed E-state index contributed by atoms with van der Waals surface area (Å²) in [5, 5.41) is 0. The highest BCUT2D eigenvalue weighted by Crippen LogP contribution is 2.19. The number of hydrogen-bond donors (Lipinski definition) is 0. The number of carbonyl (C=O) groups is 1. The van der Waals surface area contributed by atoms with Gasteiger partial charge in [-0.15, -0.1) is 0 Å². The number of carbonyl (C=O) groups excluding carboxylic acids is 1. The molecule has 1 aromatic rings. The maximum Gasteiger partial charge on any atom is 0.222 e. The number of amides is 1. The number of anilines is 1. The Morgan fingerprint density at radius 3 is 2.44 bits per heavy atom. The molecule has 1 aromatic carbocycles. The molecule has 0 saturated carbocycles. The van der Waals surface area contributed by atoms with Crippen molar-refractivity contribution in [2.75, 3.05) is 44.2 Å². The van der Waals surface area contributed by atoms with E-state index in [1.807, 2.05) is 17.0 Å². The van der Waals surface area contributed by atoms with Crippen LogP contribution in [0.4, 0.5) is 10.1 Å². The van der Waals surface area contributed by atoms with E-state index in [9.17, 15) is 9.18 Å². The lowest BCUT2D eigenvalue weighted by molar-refractivity contribution is -0.131. The lowest BCUT2D eigenvalue weighted by atomic mass is 10.1. The standard InChI is InChI=1S/C20H30FN3O/c1-17(22-11-2-3-12-22)5-10-20(25)24-14-4-13-23(15-16-24)19-8-6-18(21)7-9-19/h6-9,17H,2-5,10-16H2,1H3. The predicted molar refractivity (Wildman–Crippen MR) is 99.3 cm³/mol. The third-order valence-electron chi connectivity index (χ3n) is 5.58. The van der Waals surface area contributed by atoms with E-state index in [-0.39, 0.29) is 11.7 Å². The average Bonchev–Trinajstić information content (AvgIpc) is 3.05. The van der Waals surface area contributed by atoms with E-state index in [0.29, 0.717) is 12.5 Å². The number of hydrogen-bond acceptors (Lipinski definition) is 3. The summed E-state index contributed by atoms with van der Waals surface area (Å²) in [6, 6.07) is 7.16. The van der Waals surface area contributed by atoms with E-state index in [4.69, 9.17) is 0 Å². The molecule has 0 spiro atoms. The Labute approximate surface area is 150 Å². The number of halogens is 1. The SMILES string of the molecule is CC(CCC(=O)N1CCCN(c2ccc(F)cc2)CC1)N1CCCC1. The first-order valence-electron chi connectivity index (χ1n) is 9.66. The highest BCUT2D eigenvalue weighted by atomic mass is 19.1. The van der Waals surface area contributed by atoms with Gasteiger partial charge in [0.05, 0.1) is 0 Å². The van der Waals surface area contributed by atoms with Crippen LogP contribution in [0.3, 0.4) is 0 Å². The Morgan fingerprint density at radius 2 is 1.72 bits per heavy atom. The Bertz CT molecular complexity index is 557. The van der Waals surface area contributed by atoms with E-state index in [2.05, 4.69) is 16.7 Å². The minimum atomic E-state index is -0.206. The van der Waals surface area contributed by atoms with E-state index < -0.39 is 0 Å². The van der Waals surface area contributed by atoms with E-state index in [0.717, 1.165) is 44.7 Å². The van der Waals surface area contributed by atoms with E-state index >= 15 is 0 Å². The molecule has 3 rings (SSSR count). The molecular weight excluding hydrogens is 317 g/mol. The van der Waals surface area contributed by atoms with Crippen molar-refractivity contribution in [2.45, 2.75) is 45.1 Å². The normalized spacial score (nSPS) is 20.6. The third kappa shape index (κ3) is 4.94. The van der Waals surface area contributed by atoms with Crippen LogP contribution in [0.5, 0.6) is 0 Å². The predicted octanol–water partition coefficient (Wildman–Crippen LogP) is 3.13. The molecule has 1 atom stereocenters. The zero-order valence-electron chi connectivity index (χ0n) is 15.3. The lowest BCUT2D eigenvalue weighted by Gasteiger charge is -2.26. The van der Waals surface area contributed by atoms with Crippen LogP contribution < -0.4 is 4.90 Å². The van der Waals surface area contributed by atoms with Gasteiger partial charge in [0.2, 0.25) is 5.91 Å². The van der Waals surface area contributed by atoms with Gasteiger partial charge in [-0.05, 0) is 70.0 Å². The van der Waals surface area contributed by atoms with Crippen molar-refractivity contribution in [3.63, 3.8) is 0 Å². The molecule has 2 saturated heterocycles. The Balaban J connectivity index is 1.46. The zero-order valence-corrected chi connectivity index (χ0v) is 15.3. The first-order valence-corrected chi connectivity index (χ1v) is 9.66. The Kier molecular flexibility index (Phi) is 6.29. The van der Waals surface area contributed by atoms with Crippen molar-refractivity contribution in [2.24, 2.45) is 0 Å². The summed E-state index contributed by atoms with van der Waals surface area (Å²) < 4.78 is 13.1. The lowest BCUT2D eigenvalue weighted by Crippen LogP contribution is -2.36. The molecule has 138 valence electrons. The summed E-state index contributed by atoms with van der Waals surface area (Å²) in [7, 11) is 0. The van der Waals surface area contributed by atoms with Gasteiger partial charge in [0.25, 0.3) is 0 Å². The highest BCUT2D eigenvalue weighted by Gasteiger charge is 2.22. The fourth-order valence-corrected chi connectivity index (χ4v) is 3.93. The van der Waals surface area contributed by atoms with Crippen molar-refractivity contribution >= 4 is 11.6 Å². The van der Waals surface area contributed by atoms with Crippen molar-refractivity contribution < 1.29 is 9.18 Å². The van der Waals surface area contributed by atoms with Crippen LogP contribution in [0.1, 0.15) is 39.0 Å². The summed E-state index contributed by atoms with van der Waals surface area (Å²) in [6.07, 6.45) is 5.16. The maximum atomic E-state index is 13.1. The molecule has 2 fully saturated rings. The van der Waals surface area contributed by atoms with Crippen molar-refractivity contribution in [3.8, 4) is 0 Å². The van der Waals surface area contributed by atoms with E-state index in [1.165, 1.54) is 38.1 Å². The minimum absolute atomic E-state index is 0.206. The van der Waals surface area contributed by atoms with Crippen LogP contribution in [0.2, 0.25) is 0 Å². The molecule has 2 aliphatic rings. The zero-order chi connectivity index (χ0) is 17.6. The Hall–Kier alpha value is -1.62. The number of likely N-dealkylation sites (tertiary alicyclic amines) is 1. The van der Waals surface area contributed by atoms with Crippen molar-refractivity contribution in [1.82, 2.24) is 9.80 Å². The smallest absolute Gasteiger partial charge is 0.222 e. The van der Waals surface area contributed by atoms with Crippen LogP contribution in [0.25, 0.3) is 0 Å². The molecular formula is C20H30FN3O. The fourth-order valence-electron chi connectivity index (χ4n) is 3.93. The maximum absolute atomic E-state index is 13.1. The van der Waals surface area contributed by atoms with Gasteiger partial charge >= 0.3 is 0 Å². The third-order valence-corrected chi connectivity index (χ3v) is 5.58. The van der Waals surface area contributed by atoms with Gasteiger partial charge in [0, 0.05) is 44.3 Å². The second kappa shape index (κ2) is 8.65. The van der Waals surface area contributed by atoms with Crippen LogP contribution in [0.15, 0.2) is 24.3 Å². The molecule has 0 aromatic heterocycles. The molecule has 0 N–H and O–H groups in total. The number of nitrogens with zero attached hydrogens (tertiary/aromatic N) is 3. The molecule has 4 nitrogen and oxygen atoms in total. The summed E-state index contributed by atoms with van der Waals surface area (Å²) >= 11 is 0. The van der Waals surface area contributed by atoms with Crippen LogP contribution in [-0.4, -0.2) is 61.0 Å². The summed E-state index contributed by atoms with van der Waals surface area (Å²) in [4.78, 5) is 19.4. The second-order valence-corrected chi connectivity index (χ2v) is 7.33. The molecule has 0 bridgehead atoms. The van der Waals surface area contributed by atoms with Crippen LogP contribution >= 0.6 is 0 Å². The molecule has 5 heteroatoms. The fraction of sp³-hybridized carbons (Fsp3) is 0.650. The molecule has 2 heterocycles. The first-order chi connectivity index (χ1) is 12.1. The number of benzene rings is 1. The van der Waals surface area contributed by atoms with Gasteiger partial charge in [-0.25, -0.2) is 4.39 Å². The van der Waals surface area contributed by atoms with Gasteiger partial charge in [0.1, 0.15) is 5.82 Å². The topological polar surface area (TPSA) is 26.8 Å². The van der Waals surface area contributed by atoms with E-state index in [1.54, 1.807) is 0 Å². The molecule has 1 unspecified atom stereocenters. The van der Waals surface area contributed by atoms with Crippen molar-refractivity contribution in [3.05, 3.63) is 30.1 Å². The van der Waals surface area contributed by atoms with Gasteiger partial charge in [-0.1, -0.05) is 0 Å². The first kappa shape index (κ1) is 18.2. The van der Waals surface area contributed by atoms with Gasteiger partial charge < -0.3 is 14.7 Å². The molecule has 0 radical (unpaired) electrons. The van der Waals surface area contributed by atoms with Gasteiger partial charge in [-0.3, -0.25) is 4.79 Å². The van der Waals surface area contributed by atoms with Crippen LogP contribution in [0, 0.1) is 5.82 Å². The highest BCUT2D eigenvalue weighted by molar-refractivity contribution is 5.76. The Morgan fingerprint density at radius 1 is 1.00 bits per heavy atom. The second-order valence-electron chi connectivity index (χ2n) is 7.33. The molecule has 2 aliphatic heterocycles. The van der Waals surface area contributed by atoms with Crippen LogP contribution in [-0.2, 0) is 4.79 Å². The minimum Gasteiger partial charge on any atom is -0.370 e. The van der Waals surface area contributed by atoms with Gasteiger partial charge in [0.15, 0.2) is 0 Å². The monoisotopic (exact) mass is 347 g/mol. The summed E-state index contributed by atoms with van der Waals surface area (Å²) in [5.74, 6) is 0.0782. The average molecular weight is 347 g/mol. The quantitative estimate of drug-likeness (QED) is 0.819. The summed E-state index contributed by atoms with van der Waals surface area (Å²) in [6.45, 7) is 7.94. The summed E-state index contributed by atoms with van der Waals surface area (Å²) in [5.41, 5.74) is 1.04. The largest absolute Gasteiger partial charge is 0.370 e. The molecule has 25 heavy (non-hydrogen) atoms. The van der Waals surface area contributed by atoms with Crippen molar-refractivity contribution in [1.29, 1.82) is 0 Å².